The van der Waals surface area contributed by atoms with Crippen LogP contribution in [-0.4, -0.2) is 6.71 Å². The molecule has 0 spiro atoms. The first-order valence-electron chi connectivity index (χ1n) is 27.3. The minimum absolute atomic E-state index is 0.0697. The lowest BCUT2D eigenvalue weighted by molar-refractivity contribution is 0.418. The van der Waals surface area contributed by atoms with Gasteiger partial charge in [-0.2, -0.15) is 0 Å². The van der Waals surface area contributed by atoms with E-state index in [4.69, 9.17) is 4.74 Å². The Kier molecular flexibility index (Phi) is 11.3. The minimum Gasteiger partial charge on any atom is -0.457 e. The standard InChI is InChI=1S/C75H52BNOS/c1-75(2)63-34-15-16-35-69(63)78-70-40-37-55(44-64(70)75)60-47-68-73-72(48-60)79-71-41-38-57(52-26-13-6-14-27-52)46-66(71)76(73)65-45-56(51-24-11-5-12-25-51)36-39-67(65)77(68)74-61(58-30-17-28-53(42-58)49-20-7-3-8-21-49)32-19-33-62(74)59-31-18-29-54(43-59)50-22-9-4-10-23-50/h3-48H,1-2H3. The Hall–Kier alpha value is -9.35. The van der Waals surface area contributed by atoms with Gasteiger partial charge in [-0.15, -0.1) is 0 Å². The molecule has 0 amide bonds. The van der Waals surface area contributed by atoms with Gasteiger partial charge in [-0.25, -0.2) is 0 Å². The van der Waals surface area contributed by atoms with Crippen LogP contribution in [0.3, 0.4) is 0 Å². The summed E-state index contributed by atoms with van der Waals surface area (Å²) in [4.78, 5) is 5.18. The molecule has 3 heterocycles. The van der Waals surface area contributed by atoms with Crippen LogP contribution >= 0.6 is 11.8 Å². The molecule has 4 heteroatoms. The van der Waals surface area contributed by atoms with Crippen molar-refractivity contribution < 1.29 is 4.74 Å². The van der Waals surface area contributed by atoms with Crippen molar-refractivity contribution in [2.24, 2.45) is 0 Å². The fourth-order valence-corrected chi connectivity index (χ4v) is 13.8. The summed E-state index contributed by atoms with van der Waals surface area (Å²) in [5.74, 6) is 1.83. The highest BCUT2D eigenvalue weighted by molar-refractivity contribution is 8.00. The van der Waals surface area contributed by atoms with Crippen molar-refractivity contribution in [2.45, 2.75) is 29.1 Å². The molecule has 79 heavy (non-hydrogen) atoms. The number of hydrogen-bond acceptors (Lipinski definition) is 3. The van der Waals surface area contributed by atoms with E-state index in [1.807, 2.05) is 11.8 Å². The number of hydrogen-bond donors (Lipinski definition) is 0. The second-order valence-electron chi connectivity index (χ2n) is 21.6. The first-order valence-corrected chi connectivity index (χ1v) is 28.1. The predicted molar refractivity (Wildman–Crippen MR) is 333 cm³/mol. The SMILES string of the molecule is CC1(C)c2ccccc2Oc2ccc(-c3cc4c5c(c3)N(c3c(-c6cccc(-c7ccccc7)c6)cccc3-c3cccc(-c6ccccc6)c3)c3ccc(-c6ccccc6)cc3B5c3cc(-c5ccccc5)ccc3S4)cc21. The van der Waals surface area contributed by atoms with E-state index in [1.165, 1.54) is 87.5 Å². The zero-order valence-electron chi connectivity index (χ0n) is 43.9. The third-order valence-electron chi connectivity index (χ3n) is 16.6. The summed E-state index contributed by atoms with van der Waals surface area (Å²) in [6.45, 7) is 4.59. The topological polar surface area (TPSA) is 12.5 Å². The van der Waals surface area contributed by atoms with Crippen LogP contribution in [0.25, 0.3) is 77.9 Å². The Balaban J connectivity index is 1.03. The molecule has 0 unspecified atom stereocenters. The van der Waals surface area contributed by atoms with Gasteiger partial charge in [0.2, 0.25) is 6.71 Å². The van der Waals surface area contributed by atoms with Crippen LogP contribution in [0.5, 0.6) is 11.5 Å². The van der Waals surface area contributed by atoms with E-state index >= 15 is 0 Å². The summed E-state index contributed by atoms with van der Waals surface area (Å²) in [7, 11) is 0. The molecule has 0 saturated carbocycles. The van der Waals surface area contributed by atoms with Gasteiger partial charge in [-0.1, -0.05) is 256 Å². The molecule has 15 rings (SSSR count). The first-order chi connectivity index (χ1) is 38.9. The third-order valence-corrected chi connectivity index (χ3v) is 17.7. The van der Waals surface area contributed by atoms with Crippen LogP contribution in [0, 0.1) is 0 Å². The Bertz CT molecular complexity index is 4240. The quantitative estimate of drug-likeness (QED) is 0.141. The third kappa shape index (κ3) is 8.05. The Labute approximate surface area is 467 Å². The molecule has 0 aromatic heterocycles. The van der Waals surface area contributed by atoms with Crippen molar-refractivity contribution in [3.63, 3.8) is 0 Å². The summed E-state index contributed by atoms with van der Waals surface area (Å²) in [5.41, 5.74) is 25.9. The zero-order valence-corrected chi connectivity index (χ0v) is 44.7. The van der Waals surface area contributed by atoms with Crippen molar-refractivity contribution >= 4 is 51.9 Å². The van der Waals surface area contributed by atoms with Crippen LogP contribution < -0.4 is 26.0 Å². The molecule has 3 aliphatic heterocycles. The van der Waals surface area contributed by atoms with Gasteiger partial charge in [0.25, 0.3) is 0 Å². The second-order valence-corrected chi connectivity index (χ2v) is 22.6. The molecule has 3 aliphatic rings. The molecule has 2 nitrogen and oxygen atoms in total. The molecular formula is C75H52BNOS. The molecule has 0 bridgehead atoms. The summed E-state index contributed by atoms with van der Waals surface area (Å²) < 4.78 is 6.67. The van der Waals surface area contributed by atoms with Gasteiger partial charge < -0.3 is 9.64 Å². The lowest BCUT2D eigenvalue weighted by atomic mass is 9.34. The molecule has 0 fully saturated rings. The molecule has 12 aromatic rings. The van der Waals surface area contributed by atoms with Gasteiger partial charge in [0.05, 0.1) is 5.69 Å². The van der Waals surface area contributed by atoms with Gasteiger partial charge in [-0.3, -0.25) is 0 Å². The Morgan fingerprint density at radius 1 is 0.329 bits per heavy atom. The van der Waals surface area contributed by atoms with Crippen molar-refractivity contribution in [3.05, 3.63) is 290 Å². The summed E-state index contributed by atoms with van der Waals surface area (Å²) in [6.07, 6.45) is 0. The fourth-order valence-electron chi connectivity index (χ4n) is 12.6. The average Bonchev–Trinajstić information content (AvgIpc) is 3.31. The van der Waals surface area contributed by atoms with Crippen LogP contribution in [0.2, 0.25) is 0 Å². The van der Waals surface area contributed by atoms with E-state index in [1.54, 1.807) is 0 Å². The molecule has 0 aliphatic carbocycles. The van der Waals surface area contributed by atoms with Crippen molar-refractivity contribution in [2.75, 3.05) is 4.90 Å². The molecule has 0 N–H and O–H groups in total. The average molecular weight is 1030 g/mol. The van der Waals surface area contributed by atoms with Gasteiger partial charge in [0, 0.05) is 48.8 Å². The van der Waals surface area contributed by atoms with Gasteiger partial charge >= 0.3 is 0 Å². The summed E-state index contributed by atoms with van der Waals surface area (Å²) in [5, 5.41) is 0. The maximum absolute atomic E-state index is 6.67. The zero-order chi connectivity index (χ0) is 52.6. The van der Waals surface area contributed by atoms with E-state index in [-0.39, 0.29) is 12.1 Å². The van der Waals surface area contributed by atoms with E-state index in [2.05, 4.69) is 298 Å². The van der Waals surface area contributed by atoms with Crippen molar-refractivity contribution in [3.8, 4) is 89.4 Å². The molecule has 0 atom stereocenters. The van der Waals surface area contributed by atoms with Crippen LogP contribution in [-0.2, 0) is 5.41 Å². The fraction of sp³-hybridized carbons (Fsp3) is 0.0400. The minimum atomic E-state index is -0.282. The maximum atomic E-state index is 6.67. The van der Waals surface area contributed by atoms with E-state index in [0.717, 1.165) is 56.3 Å². The monoisotopic (exact) mass is 1030 g/mol. The molecule has 0 radical (unpaired) electrons. The van der Waals surface area contributed by atoms with Gasteiger partial charge in [0.1, 0.15) is 11.5 Å². The number of anilines is 3. The van der Waals surface area contributed by atoms with E-state index < -0.39 is 0 Å². The number of ether oxygens (including phenoxy) is 1. The molecule has 12 aromatic carbocycles. The molecular weight excluding hydrogens is 974 g/mol. The lowest BCUT2D eigenvalue weighted by Gasteiger charge is -2.42. The maximum Gasteiger partial charge on any atom is 0.249 e. The first kappa shape index (κ1) is 46.9. The number of benzene rings is 12. The molecule has 0 saturated heterocycles. The van der Waals surface area contributed by atoms with E-state index in [9.17, 15) is 0 Å². The summed E-state index contributed by atoms with van der Waals surface area (Å²) >= 11 is 1.90. The normalized spacial score (nSPS) is 13.3. The van der Waals surface area contributed by atoms with Crippen molar-refractivity contribution in [1.29, 1.82) is 0 Å². The second kappa shape index (κ2) is 19.0. The number of para-hydroxylation sites is 2. The highest BCUT2D eigenvalue weighted by Gasteiger charge is 2.43. The van der Waals surface area contributed by atoms with Crippen LogP contribution in [0.15, 0.2) is 289 Å². The number of fused-ring (bicyclic) bond motifs is 6. The smallest absolute Gasteiger partial charge is 0.249 e. The lowest BCUT2D eigenvalue weighted by Crippen LogP contribution is -2.60. The van der Waals surface area contributed by atoms with Gasteiger partial charge in [-0.05, 0) is 132 Å². The Morgan fingerprint density at radius 2 is 0.797 bits per heavy atom. The number of rotatable bonds is 8. The molecule has 372 valence electrons. The van der Waals surface area contributed by atoms with Crippen molar-refractivity contribution in [1.82, 2.24) is 0 Å². The predicted octanol–water partition coefficient (Wildman–Crippen LogP) is 18.6. The largest absolute Gasteiger partial charge is 0.457 e. The highest BCUT2D eigenvalue weighted by atomic mass is 32.2. The van der Waals surface area contributed by atoms with Crippen LogP contribution in [0.4, 0.5) is 17.1 Å². The van der Waals surface area contributed by atoms with Crippen LogP contribution in [0.1, 0.15) is 25.0 Å². The van der Waals surface area contributed by atoms with Gasteiger partial charge in [0.15, 0.2) is 0 Å². The van der Waals surface area contributed by atoms with E-state index in [0.29, 0.717) is 0 Å². The highest BCUT2D eigenvalue weighted by Crippen LogP contribution is 2.53. The Morgan fingerprint density at radius 3 is 1.41 bits per heavy atom. The summed E-state index contributed by atoms with van der Waals surface area (Å²) in [6, 6.07) is 103. The number of nitrogens with zero attached hydrogens (tertiary/aromatic N) is 1.